The Kier molecular flexibility index (Phi) is 8.72. The van der Waals surface area contributed by atoms with E-state index in [1.54, 1.807) is 0 Å². The van der Waals surface area contributed by atoms with Crippen LogP contribution in [0.25, 0.3) is 21.8 Å². The molecular formula is C39H32Cl2N2O4. The van der Waals surface area contributed by atoms with Crippen LogP contribution >= 0.6 is 23.2 Å². The van der Waals surface area contributed by atoms with E-state index in [1.165, 1.54) is 0 Å². The van der Waals surface area contributed by atoms with Gasteiger partial charge in [-0.05, 0) is 97.5 Å². The second-order valence-corrected chi connectivity index (χ2v) is 13.0. The number of hydrogen-bond donors (Lipinski definition) is 1. The normalized spacial score (nSPS) is 14.7. The number of carboxylic acids is 1. The van der Waals surface area contributed by atoms with Gasteiger partial charge in [0.1, 0.15) is 24.7 Å². The van der Waals surface area contributed by atoms with Crippen LogP contribution < -0.4 is 9.47 Å². The van der Waals surface area contributed by atoms with Crippen LogP contribution in [0.2, 0.25) is 10.0 Å². The molecule has 1 fully saturated rings. The van der Waals surface area contributed by atoms with E-state index in [0.717, 1.165) is 68.7 Å². The van der Waals surface area contributed by atoms with Crippen LogP contribution in [-0.4, -0.2) is 21.0 Å². The number of carbonyl (C=O) groups is 1. The number of hydrogen-bond acceptors (Lipinski definition) is 5. The number of aliphatic carboxylic acids is 1. The molecule has 0 atom stereocenters. The Hall–Kier alpha value is -4.65. The molecule has 4 aromatic carbocycles. The van der Waals surface area contributed by atoms with Crippen molar-refractivity contribution in [1.29, 1.82) is 0 Å². The van der Waals surface area contributed by atoms with Crippen LogP contribution in [0, 0.1) is 5.92 Å². The van der Waals surface area contributed by atoms with Gasteiger partial charge >= 0.3 is 5.97 Å². The molecular weight excluding hydrogens is 631 g/mol. The zero-order valence-electron chi connectivity index (χ0n) is 25.5. The average Bonchev–Trinajstić information content (AvgIpc) is 3.10. The minimum absolute atomic E-state index is 0.318. The molecule has 7 rings (SSSR count). The van der Waals surface area contributed by atoms with Gasteiger partial charge < -0.3 is 14.6 Å². The summed E-state index contributed by atoms with van der Waals surface area (Å²) in [5.74, 6) is 0.427. The summed E-state index contributed by atoms with van der Waals surface area (Å²) in [7, 11) is 0. The summed E-state index contributed by atoms with van der Waals surface area (Å²) in [6.45, 7) is 0.661. The van der Waals surface area contributed by atoms with Gasteiger partial charge in [-0.3, -0.25) is 4.79 Å². The van der Waals surface area contributed by atoms with E-state index in [1.807, 2.05) is 84.9 Å². The predicted molar refractivity (Wildman–Crippen MR) is 185 cm³/mol. The molecule has 0 radical (unpaired) electrons. The molecule has 1 saturated carbocycles. The molecule has 2 aromatic heterocycles. The quantitative estimate of drug-likeness (QED) is 0.166. The summed E-state index contributed by atoms with van der Waals surface area (Å²) in [6, 6.07) is 35.6. The van der Waals surface area contributed by atoms with Gasteiger partial charge in [-0.1, -0.05) is 71.7 Å². The van der Waals surface area contributed by atoms with E-state index < -0.39 is 5.97 Å². The van der Waals surface area contributed by atoms with E-state index in [4.69, 9.17) is 42.6 Å². The molecule has 0 saturated heterocycles. The fourth-order valence-corrected chi connectivity index (χ4v) is 6.92. The predicted octanol–water partition coefficient (Wildman–Crippen LogP) is 9.81. The van der Waals surface area contributed by atoms with Gasteiger partial charge in [0, 0.05) is 26.2 Å². The Balaban J connectivity index is 1.07. The van der Waals surface area contributed by atoms with Crippen molar-refractivity contribution in [2.45, 2.75) is 44.3 Å². The number of halogens is 2. The smallest absolute Gasteiger partial charge is 0.306 e. The molecule has 0 unspecified atom stereocenters. The van der Waals surface area contributed by atoms with Crippen molar-refractivity contribution >= 4 is 51.0 Å². The van der Waals surface area contributed by atoms with Gasteiger partial charge in [0.2, 0.25) is 0 Å². The van der Waals surface area contributed by atoms with Crippen LogP contribution in [0.1, 0.15) is 48.2 Å². The monoisotopic (exact) mass is 662 g/mol. The van der Waals surface area contributed by atoms with E-state index in [2.05, 4.69) is 24.3 Å². The van der Waals surface area contributed by atoms with Gasteiger partial charge in [0.15, 0.2) is 0 Å². The van der Waals surface area contributed by atoms with Gasteiger partial charge in [-0.25, -0.2) is 9.97 Å². The van der Waals surface area contributed by atoms with Crippen LogP contribution in [0.4, 0.5) is 0 Å². The van der Waals surface area contributed by atoms with E-state index >= 15 is 0 Å². The lowest BCUT2D eigenvalue weighted by Crippen LogP contribution is -2.35. The molecule has 236 valence electrons. The maximum Gasteiger partial charge on any atom is 0.306 e. The summed E-state index contributed by atoms with van der Waals surface area (Å²) in [6.07, 6.45) is 2.69. The molecule has 1 N–H and O–H groups in total. The molecule has 0 spiro atoms. The first-order valence-electron chi connectivity index (χ1n) is 15.6. The Morgan fingerprint density at radius 1 is 0.660 bits per heavy atom. The van der Waals surface area contributed by atoms with Gasteiger partial charge in [-0.15, -0.1) is 0 Å². The highest BCUT2D eigenvalue weighted by atomic mass is 35.5. The number of pyridine rings is 2. The van der Waals surface area contributed by atoms with Gasteiger partial charge in [-0.2, -0.15) is 0 Å². The first kappa shape index (κ1) is 31.0. The number of benzene rings is 4. The zero-order chi connectivity index (χ0) is 32.4. The Bertz CT molecular complexity index is 1920. The molecule has 1 aliphatic carbocycles. The van der Waals surface area contributed by atoms with Crippen LogP contribution in [0.15, 0.2) is 109 Å². The van der Waals surface area contributed by atoms with Gasteiger partial charge in [0.25, 0.3) is 0 Å². The SMILES string of the molecule is O=C(O)C1CCC(c2ccc(OCc3ccc4ccc(Cl)cc4n3)cc2)(c2ccc(OCc3ccc4ccc(Cl)cc4n3)cc2)CC1. The van der Waals surface area contributed by atoms with Crippen molar-refractivity contribution in [3.63, 3.8) is 0 Å². The summed E-state index contributed by atoms with van der Waals surface area (Å²) in [5, 5.41) is 13.1. The van der Waals surface area contributed by atoms with Crippen LogP contribution in [0.5, 0.6) is 11.5 Å². The van der Waals surface area contributed by atoms with Crippen molar-refractivity contribution < 1.29 is 19.4 Å². The maximum atomic E-state index is 11.8. The highest BCUT2D eigenvalue weighted by Gasteiger charge is 2.40. The maximum absolute atomic E-state index is 11.8. The average molecular weight is 664 g/mol. The minimum atomic E-state index is -0.722. The van der Waals surface area contributed by atoms with Crippen molar-refractivity contribution in [3.05, 3.63) is 142 Å². The van der Waals surface area contributed by atoms with E-state index in [-0.39, 0.29) is 11.3 Å². The third kappa shape index (κ3) is 6.76. The molecule has 1 aliphatic rings. The van der Waals surface area contributed by atoms with Crippen molar-refractivity contribution in [2.75, 3.05) is 0 Å². The van der Waals surface area contributed by atoms with Crippen LogP contribution in [0.3, 0.4) is 0 Å². The largest absolute Gasteiger partial charge is 0.487 e. The summed E-state index contributed by atoms with van der Waals surface area (Å²) < 4.78 is 12.2. The Morgan fingerprint density at radius 2 is 1.09 bits per heavy atom. The van der Waals surface area contributed by atoms with E-state index in [0.29, 0.717) is 36.1 Å². The fourth-order valence-electron chi connectivity index (χ4n) is 6.58. The summed E-state index contributed by atoms with van der Waals surface area (Å²) >= 11 is 12.3. The molecule has 6 aromatic rings. The molecule has 47 heavy (non-hydrogen) atoms. The second-order valence-electron chi connectivity index (χ2n) is 12.1. The van der Waals surface area contributed by atoms with Crippen molar-refractivity contribution in [3.8, 4) is 11.5 Å². The molecule has 0 amide bonds. The number of nitrogens with zero attached hydrogens (tertiary/aromatic N) is 2. The molecule has 0 aliphatic heterocycles. The van der Waals surface area contributed by atoms with E-state index in [9.17, 15) is 9.90 Å². The van der Waals surface area contributed by atoms with Crippen LogP contribution in [-0.2, 0) is 23.4 Å². The first-order valence-corrected chi connectivity index (χ1v) is 16.4. The minimum Gasteiger partial charge on any atom is -0.487 e. The Morgan fingerprint density at radius 3 is 1.51 bits per heavy atom. The van der Waals surface area contributed by atoms with Gasteiger partial charge in [0.05, 0.1) is 28.3 Å². The lowest BCUT2D eigenvalue weighted by Gasteiger charge is -2.40. The summed E-state index contributed by atoms with van der Waals surface area (Å²) in [4.78, 5) is 21.2. The number of carboxylic acid groups (broad SMARTS) is 1. The molecule has 2 heterocycles. The highest BCUT2D eigenvalue weighted by molar-refractivity contribution is 6.31. The first-order chi connectivity index (χ1) is 22.8. The lowest BCUT2D eigenvalue weighted by molar-refractivity contribution is -0.143. The highest BCUT2D eigenvalue weighted by Crippen LogP contribution is 2.47. The number of fused-ring (bicyclic) bond motifs is 2. The molecule has 8 heteroatoms. The molecule has 0 bridgehead atoms. The lowest BCUT2D eigenvalue weighted by atomic mass is 9.63. The fraction of sp³-hybridized carbons (Fsp3) is 0.205. The van der Waals surface area contributed by atoms with Crippen molar-refractivity contribution in [2.24, 2.45) is 5.92 Å². The standard InChI is InChI=1S/C39H32Cl2N2O4/c40-30-9-1-25-3-11-32(42-36(25)21-30)23-46-34-13-5-28(6-14-34)39(19-17-27(18-20-39)38(44)45)29-7-15-35(16-8-29)47-24-33-12-4-26-2-10-31(41)22-37(26)43-33/h1-16,21-22,27H,17-20,23-24H2,(H,44,45). The Labute approximate surface area is 282 Å². The third-order valence-electron chi connectivity index (χ3n) is 9.20. The molecule has 6 nitrogen and oxygen atoms in total. The number of ether oxygens (including phenoxy) is 2. The number of rotatable bonds is 9. The number of aromatic nitrogens is 2. The third-order valence-corrected chi connectivity index (χ3v) is 9.67. The zero-order valence-corrected chi connectivity index (χ0v) is 27.0. The summed E-state index contributed by atoms with van der Waals surface area (Å²) in [5.41, 5.74) is 5.26. The second kappa shape index (κ2) is 13.2. The topological polar surface area (TPSA) is 81.5 Å². The van der Waals surface area contributed by atoms with Crippen molar-refractivity contribution in [1.82, 2.24) is 9.97 Å².